The first kappa shape index (κ1) is 45.8. The molecule has 0 radical (unpaired) electrons. The predicted molar refractivity (Wildman–Crippen MR) is 209 cm³/mol. The molecule has 0 unspecified atom stereocenters. The van der Waals surface area contributed by atoms with Crippen LogP contribution in [0.15, 0.2) is 29.6 Å². The monoisotopic (exact) mass is 801 g/mol. The number of carbonyl (C=O) groups is 6. The van der Waals surface area contributed by atoms with Crippen molar-refractivity contribution in [1.82, 2.24) is 25.4 Å². The first-order chi connectivity index (χ1) is 26.4. The number of hydrogen-bond donors (Lipinski definition) is 4. The molecule has 0 aliphatic carbocycles. The number of rotatable bonds is 20. The molecule has 3 amide bonds. The number of aromatic nitrogens is 1. The highest BCUT2D eigenvalue weighted by Crippen LogP contribution is 2.32. The number of carboxylic acids is 1. The lowest BCUT2D eigenvalue weighted by Gasteiger charge is -2.39. The van der Waals surface area contributed by atoms with E-state index in [2.05, 4.69) is 15.6 Å². The molecule has 1 aliphatic heterocycles. The number of aliphatic carboxylic acids is 1. The number of carbonyl (C=O) groups excluding carboxylic acids is 5. The molecule has 1 aromatic heterocycles. The number of likely N-dealkylation sites (tertiary alicyclic amines) is 1. The summed E-state index contributed by atoms with van der Waals surface area (Å²) in [4.78, 5) is 86.0. The summed E-state index contributed by atoms with van der Waals surface area (Å²) >= 11 is 1.09. The molecule has 0 saturated carbocycles. The third kappa shape index (κ3) is 13.6. The molecule has 56 heavy (non-hydrogen) atoms. The summed E-state index contributed by atoms with van der Waals surface area (Å²) in [5, 5.41) is 27.0. The van der Waals surface area contributed by atoms with Crippen LogP contribution in [0.1, 0.15) is 114 Å². The first-order valence-electron chi connectivity index (χ1n) is 19.3. The van der Waals surface area contributed by atoms with E-state index in [0.717, 1.165) is 36.3 Å². The molecule has 7 atom stereocenters. The molecule has 1 aromatic carbocycles. The number of hydrogen-bond acceptors (Lipinski definition) is 12. The molecular formula is C40H59N5O10S. The maximum atomic E-state index is 14.6. The van der Waals surface area contributed by atoms with Crippen molar-refractivity contribution in [2.75, 3.05) is 20.3 Å². The quantitative estimate of drug-likeness (QED) is 0.106. The van der Waals surface area contributed by atoms with Gasteiger partial charge in [0.25, 0.3) is 5.91 Å². The van der Waals surface area contributed by atoms with E-state index < -0.39 is 66.6 Å². The molecule has 1 fully saturated rings. The predicted octanol–water partition coefficient (Wildman–Crippen LogP) is 4.68. The van der Waals surface area contributed by atoms with Crippen molar-refractivity contribution in [2.24, 2.45) is 17.8 Å². The standard InChI is InChI=1S/C40H59N5O10S/c1-9-24(4)35(43-37(50)32-12-10-11-17-44(32)8)39(51)45(22-54-26(6)46)33(23(2)3)20-34(55-27(7)47)38-42-31(21-56-38)36(49)41-29(18-25(5)40(52)53)19-28-13-15-30(48)16-14-28/h13-16,21,23-25,29,32-35,48H,9-12,17-20,22H2,1-8H3,(H,41,49)(H,43,50)(H,52,53)/t24-,25-,29+,32+,33+,34+,35-/m0/s1. The number of amides is 3. The number of phenolic OH excluding ortho intramolecular Hbond substituents is 1. The van der Waals surface area contributed by atoms with Gasteiger partial charge in [-0.25, -0.2) is 4.98 Å². The molecule has 3 rings (SSSR count). The van der Waals surface area contributed by atoms with Crippen LogP contribution in [0.25, 0.3) is 0 Å². The maximum Gasteiger partial charge on any atom is 0.306 e. The summed E-state index contributed by atoms with van der Waals surface area (Å²) in [6, 6.07) is 3.84. The van der Waals surface area contributed by atoms with Crippen molar-refractivity contribution >= 4 is 47.0 Å². The van der Waals surface area contributed by atoms with Crippen LogP contribution in [0, 0.1) is 17.8 Å². The van der Waals surface area contributed by atoms with E-state index in [0.29, 0.717) is 19.3 Å². The number of aromatic hydroxyl groups is 1. The number of benzene rings is 1. The number of phenols is 1. The molecule has 16 heteroatoms. The Labute approximate surface area is 333 Å². The zero-order valence-electron chi connectivity index (χ0n) is 33.8. The summed E-state index contributed by atoms with van der Waals surface area (Å²) in [6.45, 7) is 12.0. The largest absolute Gasteiger partial charge is 0.508 e. The molecule has 0 spiro atoms. The highest BCUT2D eigenvalue weighted by atomic mass is 32.1. The number of nitrogens with one attached hydrogen (secondary N) is 2. The highest BCUT2D eigenvalue weighted by Gasteiger charge is 2.39. The van der Waals surface area contributed by atoms with Crippen molar-refractivity contribution < 1.29 is 48.5 Å². The van der Waals surface area contributed by atoms with E-state index in [9.17, 15) is 39.0 Å². The van der Waals surface area contributed by atoms with Crippen LogP contribution >= 0.6 is 11.3 Å². The smallest absolute Gasteiger partial charge is 0.306 e. The van der Waals surface area contributed by atoms with Crippen molar-refractivity contribution in [1.29, 1.82) is 0 Å². The second-order valence-electron chi connectivity index (χ2n) is 15.2. The Morgan fingerprint density at radius 3 is 2.25 bits per heavy atom. The Bertz CT molecular complexity index is 1650. The van der Waals surface area contributed by atoms with Crippen molar-refractivity contribution in [3.63, 3.8) is 0 Å². The second-order valence-corrected chi connectivity index (χ2v) is 16.1. The van der Waals surface area contributed by atoms with E-state index in [-0.39, 0.29) is 53.1 Å². The number of carboxylic acid groups (broad SMARTS) is 1. The molecule has 2 aromatic rings. The molecule has 1 aliphatic rings. The van der Waals surface area contributed by atoms with Crippen molar-refractivity contribution in [3.05, 3.63) is 45.9 Å². The van der Waals surface area contributed by atoms with Gasteiger partial charge in [-0.1, -0.05) is 59.6 Å². The fourth-order valence-electron chi connectivity index (χ4n) is 6.82. The second kappa shape index (κ2) is 21.7. The van der Waals surface area contributed by atoms with Gasteiger partial charge in [0, 0.05) is 37.7 Å². The molecule has 0 bridgehead atoms. The van der Waals surface area contributed by atoms with Crippen molar-refractivity contribution in [2.45, 2.75) is 124 Å². The Hall–Kier alpha value is -4.57. The topological polar surface area (TPSA) is 205 Å². The molecule has 2 heterocycles. The Morgan fingerprint density at radius 2 is 1.68 bits per heavy atom. The minimum Gasteiger partial charge on any atom is -0.508 e. The lowest BCUT2D eigenvalue weighted by Crippen LogP contribution is -2.59. The SMILES string of the molecule is CC[C@H](C)[C@H](NC(=O)[C@H]1CCCCN1C)C(=O)N(COC(C)=O)[C@H](C[C@@H](OC(C)=O)c1nc(C(=O)N[C@@H](Cc2ccc(O)cc2)C[C@H](C)C(=O)O)cs1)C(C)C. The van der Waals surface area contributed by atoms with Gasteiger partial charge in [0.05, 0.1) is 12.0 Å². The average Bonchev–Trinajstić information content (AvgIpc) is 3.64. The minimum atomic E-state index is -1.01. The van der Waals surface area contributed by atoms with Crippen LogP contribution in [-0.2, 0) is 39.9 Å². The van der Waals surface area contributed by atoms with E-state index in [4.69, 9.17) is 9.47 Å². The number of piperidine rings is 1. The van der Waals surface area contributed by atoms with Gasteiger partial charge < -0.3 is 35.2 Å². The van der Waals surface area contributed by atoms with Crippen LogP contribution in [0.3, 0.4) is 0 Å². The number of thiazole rings is 1. The fraction of sp³-hybridized carbons (Fsp3) is 0.625. The van der Waals surface area contributed by atoms with Gasteiger partial charge in [0.15, 0.2) is 12.8 Å². The summed E-state index contributed by atoms with van der Waals surface area (Å²) < 4.78 is 11.2. The lowest BCUT2D eigenvalue weighted by molar-refractivity contribution is -0.159. The third-order valence-electron chi connectivity index (χ3n) is 10.3. The van der Waals surface area contributed by atoms with Crippen molar-refractivity contribution in [3.8, 4) is 5.75 Å². The van der Waals surface area contributed by atoms with Gasteiger partial charge in [0.2, 0.25) is 11.8 Å². The van der Waals surface area contributed by atoms with Crippen LogP contribution in [0.4, 0.5) is 0 Å². The zero-order valence-corrected chi connectivity index (χ0v) is 34.6. The molecule has 4 N–H and O–H groups in total. The summed E-state index contributed by atoms with van der Waals surface area (Å²) in [5.74, 6) is -4.68. The van der Waals surface area contributed by atoms with Gasteiger partial charge in [0.1, 0.15) is 22.5 Å². The third-order valence-corrected chi connectivity index (χ3v) is 11.3. The molecular weight excluding hydrogens is 743 g/mol. The van der Waals surface area contributed by atoms with E-state index in [1.54, 1.807) is 19.1 Å². The van der Waals surface area contributed by atoms with Gasteiger partial charge in [-0.2, -0.15) is 0 Å². The van der Waals surface area contributed by atoms with Crippen LogP contribution in [0.5, 0.6) is 5.75 Å². The first-order valence-corrected chi connectivity index (χ1v) is 20.2. The van der Waals surface area contributed by atoms with Crippen LogP contribution in [0.2, 0.25) is 0 Å². The normalized spacial score (nSPS) is 17.8. The van der Waals surface area contributed by atoms with Gasteiger partial charge in [-0.15, -0.1) is 11.3 Å². The highest BCUT2D eigenvalue weighted by molar-refractivity contribution is 7.09. The fourth-order valence-corrected chi connectivity index (χ4v) is 7.65. The van der Waals surface area contributed by atoms with E-state index in [1.165, 1.54) is 36.3 Å². The number of ether oxygens (including phenoxy) is 2. The average molecular weight is 802 g/mol. The van der Waals surface area contributed by atoms with Gasteiger partial charge >= 0.3 is 17.9 Å². The molecule has 15 nitrogen and oxygen atoms in total. The Balaban J connectivity index is 1.92. The lowest BCUT2D eigenvalue weighted by atomic mass is 9.92. The Morgan fingerprint density at radius 1 is 1.00 bits per heavy atom. The van der Waals surface area contributed by atoms with E-state index >= 15 is 0 Å². The number of nitrogens with zero attached hydrogens (tertiary/aromatic N) is 3. The molecule has 1 saturated heterocycles. The van der Waals surface area contributed by atoms with Crippen LogP contribution in [-0.4, -0.2) is 105 Å². The van der Waals surface area contributed by atoms with Crippen LogP contribution < -0.4 is 10.6 Å². The number of likely N-dealkylation sites (N-methyl/N-ethyl adjacent to an activating group) is 1. The maximum absolute atomic E-state index is 14.6. The van der Waals surface area contributed by atoms with Gasteiger partial charge in [-0.3, -0.25) is 33.7 Å². The zero-order chi connectivity index (χ0) is 41.7. The summed E-state index contributed by atoms with van der Waals surface area (Å²) in [5.41, 5.74) is 0.811. The minimum absolute atomic E-state index is 0.0296. The summed E-state index contributed by atoms with van der Waals surface area (Å²) in [6.07, 6.45) is 2.60. The Kier molecular flexibility index (Phi) is 17.7. The van der Waals surface area contributed by atoms with E-state index in [1.807, 2.05) is 39.6 Å². The summed E-state index contributed by atoms with van der Waals surface area (Å²) in [7, 11) is 1.89. The number of esters is 2. The molecule has 310 valence electrons. The van der Waals surface area contributed by atoms with Gasteiger partial charge in [-0.05, 0) is 68.8 Å².